The topological polar surface area (TPSA) is 64.3 Å². The summed E-state index contributed by atoms with van der Waals surface area (Å²) in [7, 11) is 0. The lowest BCUT2D eigenvalue weighted by Crippen LogP contribution is -2.04. The first-order valence-corrected chi connectivity index (χ1v) is 6.09. The SMILES string of the molecule is CCn1cc(COc2c(C)cccc2C(=O)O)cn1. The molecule has 19 heavy (non-hydrogen) atoms. The Morgan fingerprint density at radius 1 is 1.47 bits per heavy atom. The number of carboxylic acids is 1. The molecule has 100 valence electrons. The van der Waals surface area contributed by atoms with Gasteiger partial charge in [-0.3, -0.25) is 4.68 Å². The average Bonchev–Trinajstić information content (AvgIpc) is 2.85. The number of rotatable bonds is 5. The number of hydrogen-bond acceptors (Lipinski definition) is 3. The summed E-state index contributed by atoms with van der Waals surface area (Å²) in [5.74, 6) is -0.567. The predicted octanol–water partition coefficient (Wildman–Crippen LogP) is 2.49. The highest BCUT2D eigenvalue weighted by molar-refractivity contribution is 5.91. The van der Waals surface area contributed by atoms with E-state index in [2.05, 4.69) is 5.10 Å². The maximum Gasteiger partial charge on any atom is 0.339 e. The highest BCUT2D eigenvalue weighted by Crippen LogP contribution is 2.24. The fourth-order valence-electron chi connectivity index (χ4n) is 1.82. The van der Waals surface area contributed by atoms with Gasteiger partial charge in [0.15, 0.2) is 0 Å². The maximum absolute atomic E-state index is 11.1. The van der Waals surface area contributed by atoms with Crippen molar-refractivity contribution in [2.45, 2.75) is 27.0 Å². The number of aromatic nitrogens is 2. The first-order valence-electron chi connectivity index (χ1n) is 6.09. The Balaban J connectivity index is 2.17. The summed E-state index contributed by atoms with van der Waals surface area (Å²) < 4.78 is 7.44. The standard InChI is InChI=1S/C14H16N2O3/c1-3-16-8-11(7-15-16)9-19-13-10(2)5-4-6-12(13)14(17)18/h4-8H,3,9H2,1-2H3,(H,17,18). The van der Waals surface area contributed by atoms with Gasteiger partial charge in [-0.25, -0.2) is 4.79 Å². The number of para-hydroxylation sites is 1. The molecule has 0 unspecified atom stereocenters. The van der Waals surface area contributed by atoms with Crippen molar-refractivity contribution in [2.24, 2.45) is 0 Å². The fourth-order valence-corrected chi connectivity index (χ4v) is 1.82. The monoisotopic (exact) mass is 260 g/mol. The molecule has 0 bridgehead atoms. The molecular formula is C14H16N2O3. The molecule has 1 aromatic carbocycles. The summed E-state index contributed by atoms with van der Waals surface area (Å²) in [6, 6.07) is 5.08. The second kappa shape index (κ2) is 5.56. The molecule has 2 aromatic rings. The van der Waals surface area contributed by atoms with Gasteiger partial charge in [0.25, 0.3) is 0 Å². The van der Waals surface area contributed by atoms with Gasteiger partial charge in [0, 0.05) is 18.3 Å². The van der Waals surface area contributed by atoms with Crippen LogP contribution in [0, 0.1) is 6.92 Å². The van der Waals surface area contributed by atoms with E-state index in [1.165, 1.54) is 0 Å². The minimum absolute atomic E-state index is 0.183. The average molecular weight is 260 g/mol. The van der Waals surface area contributed by atoms with E-state index in [4.69, 9.17) is 9.84 Å². The van der Waals surface area contributed by atoms with Crippen molar-refractivity contribution in [1.29, 1.82) is 0 Å². The first-order chi connectivity index (χ1) is 9.11. The summed E-state index contributed by atoms with van der Waals surface area (Å²) in [6.45, 7) is 4.94. The quantitative estimate of drug-likeness (QED) is 0.897. The summed E-state index contributed by atoms with van der Waals surface area (Å²) in [6.07, 6.45) is 3.61. The molecule has 5 nitrogen and oxygen atoms in total. The molecule has 0 aliphatic rings. The Kier molecular flexibility index (Phi) is 3.85. The van der Waals surface area contributed by atoms with Crippen molar-refractivity contribution in [1.82, 2.24) is 9.78 Å². The van der Waals surface area contributed by atoms with Crippen LogP contribution < -0.4 is 4.74 Å². The van der Waals surface area contributed by atoms with Crippen molar-refractivity contribution in [3.05, 3.63) is 47.3 Å². The third kappa shape index (κ3) is 2.93. The van der Waals surface area contributed by atoms with Gasteiger partial charge in [0.1, 0.15) is 17.9 Å². The van der Waals surface area contributed by atoms with E-state index in [9.17, 15) is 4.79 Å². The van der Waals surface area contributed by atoms with Crippen molar-refractivity contribution < 1.29 is 14.6 Å². The highest BCUT2D eigenvalue weighted by atomic mass is 16.5. The second-order valence-corrected chi connectivity index (χ2v) is 4.25. The number of carboxylic acid groups (broad SMARTS) is 1. The summed E-state index contributed by atoms with van der Waals surface area (Å²) in [5.41, 5.74) is 1.91. The lowest BCUT2D eigenvalue weighted by atomic mass is 10.1. The number of benzene rings is 1. The Morgan fingerprint density at radius 3 is 2.89 bits per heavy atom. The number of carbonyl (C=O) groups is 1. The fraction of sp³-hybridized carbons (Fsp3) is 0.286. The van der Waals surface area contributed by atoms with Crippen LogP contribution in [0.25, 0.3) is 0 Å². The maximum atomic E-state index is 11.1. The molecule has 0 radical (unpaired) electrons. The van der Waals surface area contributed by atoms with Gasteiger partial charge >= 0.3 is 5.97 Å². The Morgan fingerprint density at radius 2 is 2.26 bits per heavy atom. The lowest BCUT2D eigenvalue weighted by Gasteiger charge is -2.10. The molecule has 0 spiro atoms. The molecule has 0 atom stereocenters. The van der Waals surface area contributed by atoms with Crippen LogP contribution >= 0.6 is 0 Å². The van der Waals surface area contributed by atoms with Gasteiger partial charge in [0.2, 0.25) is 0 Å². The van der Waals surface area contributed by atoms with Crippen molar-refractivity contribution in [3.63, 3.8) is 0 Å². The van der Waals surface area contributed by atoms with Gasteiger partial charge < -0.3 is 9.84 Å². The van der Waals surface area contributed by atoms with Crippen LogP contribution in [0.3, 0.4) is 0 Å². The summed E-state index contributed by atoms with van der Waals surface area (Å²) in [5, 5.41) is 13.3. The Labute approximate surface area is 111 Å². The van der Waals surface area contributed by atoms with Crippen LogP contribution in [0.5, 0.6) is 5.75 Å². The number of aromatic carboxylic acids is 1. The first kappa shape index (κ1) is 13.1. The number of hydrogen-bond donors (Lipinski definition) is 1. The summed E-state index contributed by atoms with van der Waals surface area (Å²) >= 11 is 0. The molecule has 0 saturated heterocycles. The van der Waals surface area contributed by atoms with Crippen LogP contribution in [0.2, 0.25) is 0 Å². The molecule has 0 saturated carbocycles. The van der Waals surface area contributed by atoms with Crippen LogP contribution in [0.1, 0.15) is 28.4 Å². The van der Waals surface area contributed by atoms with Crippen LogP contribution in [-0.2, 0) is 13.2 Å². The normalized spacial score (nSPS) is 10.4. The third-order valence-electron chi connectivity index (χ3n) is 2.84. The van der Waals surface area contributed by atoms with Crippen LogP contribution in [-0.4, -0.2) is 20.9 Å². The summed E-state index contributed by atoms with van der Waals surface area (Å²) in [4.78, 5) is 11.1. The molecule has 0 aliphatic heterocycles. The molecular weight excluding hydrogens is 244 g/mol. The molecule has 0 aliphatic carbocycles. The van der Waals surface area contributed by atoms with Crippen LogP contribution in [0.15, 0.2) is 30.6 Å². The van der Waals surface area contributed by atoms with Crippen molar-refractivity contribution in [2.75, 3.05) is 0 Å². The number of aryl methyl sites for hydroxylation is 2. The Hall–Kier alpha value is -2.30. The highest BCUT2D eigenvalue weighted by Gasteiger charge is 2.13. The van der Waals surface area contributed by atoms with E-state index in [0.717, 1.165) is 17.7 Å². The van der Waals surface area contributed by atoms with Gasteiger partial charge in [-0.2, -0.15) is 5.10 Å². The number of ether oxygens (including phenoxy) is 1. The van der Waals surface area contributed by atoms with Crippen molar-refractivity contribution >= 4 is 5.97 Å². The molecule has 1 heterocycles. The van der Waals surface area contributed by atoms with E-state index >= 15 is 0 Å². The minimum Gasteiger partial charge on any atom is -0.488 e. The molecule has 1 N–H and O–H groups in total. The van der Waals surface area contributed by atoms with Crippen molar-refractivity contribution in [3.8, 4) is 5.75 Å². The molecule has 5 heteroatoms. The zero-order valence-corrected chi connectivity index (χ0v) is 11.0. The largest absolute Gasteiger partial charge is 0.488 e. The second-order valence-electron chi connectivity index (χ2n) is 4.25. The van der Waals surface area contributed by atoms with E-state index in [0.29, 0.717) is 12.4 Å². The Bertz CT molecular complexity index is 590. The zero-order valence-electron chi connectivity index (χ0n) is 11.0. The predicted molar refractivity (Wildman–Crippen MR) is 70.4 cm³/mol. The smallest absolute Gasteiger partial charge is 0.339 e. The molecule has 0 fully saturated rings. The lowest BCUT2D eigenvalue weighted by molar-refractivity contribution is 0.0691. The minimum atomic E-state index is -0.983. The zero-order chi connectivity index (χ0) is 13.8. The van der Waals surface area contributed by atoms with Gasteiger partial charge in [-0.15, -0.1) is 0 Å². The van der Waals surface area contributed by atoms with Gasteiger partial charge in [0.05, 0.1) is 6.20 Å². The van der Waals surface area contributed by atoms with E-state index in [-0.39, 0.29) is 5.56 Å². The molecule has 2 rings (SSSR count). The van der Waals surface area contributed by atoms with Crippen LogP contribution in [0.4, 0.5) is 0 Å². The van der Waals surface area contributed by atoms with E-state index in [1.54, 1.807) is 23.0 Å². The van der Waals surface area contributed by atoms with E-state index in [1.807, 2.05) is 26.1 Å². The van der Waals surface area contributed by atoms with E-state index < -0.39 is 5.97 Å². The molecule has 0 amide bonds. The van der Waals surface area contributed by atoms with Gasteiger partial charge in [-0.05, 0) is 25.5 Å². The third-order valence-corrected chi connectivity index (χ3v) is 2.84. The molecule has 1 aromatic heterocycles. The number of nitrogens with zero attached hydrogens (tertiary/aromatic N) is 2. The van der Waals surface area contributed by atoms with Gasteiger partial charge in [-0.1, -0.05) is 12.1 Å².